The zero-order chi connectivity index (χ0) is 15.5. The van der Waals surface area contributed by atoms with E-state index in [0.717, 1.165) is 39.8 Å². The number of halogens is 1. The van der Waals surface area contributed by atoms with Gasteiger partial charge in [0.05, 0.1) is 13.2 Å². The molecule has 0 unspecified atom stereocenters. The SMILES string of the molecule is COc1cccc([C@@H]2CCCN2C(=O)c2cccc(I)c2)c1. The van der Waals surface area contributed by atoms with Crippen molar-refractivity contribution in [1.29, 1.82) is 0 Å². The van der Waals surface area contributed by atoms with Gasteiger partial charge in [-0.3, -0.25) is 4.79 Å². The third-order valence-corrected chi connectivity index (χ3v) is 4.73. The number of nitrogens with zero attached hydrogens (tertiary/aromatic N) is 1. The Morgan fingerprint density at radius 2 is 2.05 bits per heavy atom. The lowest BCUT2D eigenvalue weighted by molar-refractivity contribution is 0.0735. The number of hydrogen-bond donors (Lipinski definition) is 0. The van der Waals surface area contributed by atoms with Crippen molar-refractivity contribution in [2.24, 2.45) is 0 Å². The molecular formula is C18H18INO2. The lowest BCUT2D eigenvalue weighted by atomic mass is 10.0. The minimum absolute atomic E-state index is 0.115. The van der Waals surface area contributed by atoms with E-state index in [2.05, 4.69) is 28.7 Å². The zero-order valence-electron chi connectivity index (χ0n) is 12.5. The normalized spacial score (nSPS) is 17.5. The van der Waals surface area contributed by atoms with E-state index in [0.29, 0.717) is 0 Å². The van der Waals surface area contributed by atoms with Crippen molar-refractivity contribution in [3.8, 4) is 5.75 Å². The molecule has 0 aromatic heterocycles. The number of ether oxygens (including phenoxy) is 1. The Balaban J connectivity index is 1.88. The Labute approximate surface area is 144 Å². The van der Waals surface area contributed by atoms with Crippen LogP contribution in [0.15, 0.2) is 48.5 Å². The van der Waals surface area contributed by atoms with Crippen LogP contribution in [0.2, 0.25) is 0 Å². The molecular weight excluding hydrogens is 389 g/mol. The summed E-state index contributed by atoms with van der Waals surface area (Å²) in [6.45, 7) is 0.812. The molecule has 0 saturated carbocycles. The van der Waals surface area contributed by atoms with Crippen molar-refractivity contribution in [3.63, 3.8) is 0 Å². The number of likely N-dealkylation sites (tertiary alicyclic amines) is 1. The van der Waals surface area contributed by atoms with Crippen LogP contribution in [0.25, 0.3) is 0 Å². The van der Waals surface area contributed by atoms with Crippen LogP contribution in [0.5, 0.6) is 5.75 Å². The maximum absolute atomic E-state index is 12.8. The van der Waals surface area contributed by atoms with Crippen molar-refractivity contribution in [3.05, 3.63) is 63.2 Å². The van der Waals surface area contributed by atoms with Gasteiger partial charge in [0.2, 0.25) is 0 Å². The first-order valence-electron chi connectivity index (χ1n) is 7.39. The van der Waals surface area contributed by atoms with Crippen molar-refractivity contribution in [1.82, 2.24) is 4.90 Å². The third-order valence-electron chi connectivity index (χ3n) is 4.06. The predicted molar refractivity (Wildman–Crippen MR) is 95.2 cm³/mol. The first kappa shape index (κ1) is 15.3. The highest BCUT2D eigenvalue weighted by atomic mass is 127. The van der Waals surface area contributed by atoms with Gasteiger partial charge in [0.15, 0.2) is 0 Å². The summed E-state index contributed by atoms with van der Waals surface area (Å²) in [5, 5.41) is 0. The fourth-order valence-electron chi connectivity index (χ4n) is 2.99. The second-order valence-electron chi connectivity index (χ2n) is 5.44. The number of methoxy groups -OCH3 is 1. The molecule has 1 saturated heterocycles. The van der Waals surface area contributed by atoms with E-state index in [9.17, 15) is 4.79 Å². The Morgan fingerprint density at radius 3 is 2.82 bits per heavy atom. The molecule has 3 rings (SSSR count). The molecule has 0 radical (unpaired) electrons. The smallest absolute Gasteiger partial charge is 0.254 e. The van der Waals surface area contributed by atoms with Crippen LogP contribution in [0.3, 0.4) is 0 Å². The lowest BCUT2D eigenvalue weighted by Gasteiger charge is -2.25. The van der Waals surface area contributed by atoms with Gasteiger partial charge in [-0.2, -0.15) is 0 Å². The van der Waals surface area contributed by atoms with Crippen molar-refractivity contribution in [2.45, 2.75) is 18.9 Å². The minimum atomic E-state index is 0.115. The number of amides is 1. The first-order valence-corrected chi connectivity index (χ1v) is 8.47. The summed E-state index contributed by atoms with van der Waals surface area (Å²) in [5.41, 5.74) is 1.91. The molecule has 1 fully saturated rings. The minimum Gasteiger partial charge on any atom is -0.497 e. The number of benzene rings is 2. The van der Waals surface area contributed by atoms with Gasteiger partial charge in [-0.15, -0.1) is 0 Å². The molecule has 4 heteroatoms. The van der Waals surface area contributed by atoms with E-state index in [4.69, 9.17) is 4.74 Å². The quantitative estimate of drug-likeness (QED) is 0.712. The summed E-state index contributed by atoms with van der Waals surface area (Å²) in [6, 6.07) is 15.9. The maximum Gasteiger partial charge on any atom is 0.254 e. The molecule has 0 spiro atoms. The molecule has 114 valence electrons. The largest absolute Gasteiger partial charge is 0.497 e. The first-order chi connectivity index (χ1) is 10.7. The van der Waals surface area contributed by atoms with Crippen LogP contribution in [0.1, 0.15) is 34.8 Å². The van der Waals surface area contributed by atoms with Crippen molar-refractivity contribution in [2.75, 3.05) is 13.7 Å². The van der Waals surface area contributed by atoms with Gasteiger partial charge >= 0.3 is 0 Å². The molecule has 2 aromatic rings. The maximum atomic E-state index is 12.8. The molecule has 0 bridgehead atoms. The standard InChI is InChI=1S/C18H18INO2/c1-22-16-8-3-5-13(12-16)17-9-4-10-20(17)18(21)14-6-2-7-15(19)11-14/h2-3,5-8,11-12,17H,4,9-10H2,1H3/t17-/m0/s1. The zero-order valence-corrected chi connectivity index (χ0v) is 14.6. The van der Waals surface area contributed by atoms with Crippen molar-refractivity contribution < 1.29 is 9.53 Å². The van der Waals surface area contributed by atoms with E-state index in [1.165, 1.54) is 0 Å². The van der Waals surface area contributed by atoms with Crippen LogP contribution in [-0.2, 0) is 0 Å². The number of hydrogen-bond acceptors (Lipinski definition) is 2. The Bertz CT molecular complexity index is 686. The molecule has 1 heterocycles. The van der Waals surface area contributed by atoms with Crippen LogP contribution in [0, 0.1) is 3.57 Å². The van der Waals surface area contributed by atoms with Crippen molar-refractivity contribution >= 4 is 28.5 Å². The average Bonchev–Trinajstić information content (AvgIpc) is 3.04. The van der Waals surface area contributed by atoms with E-state index in [1.54, 1.807) is 7.11 Å². The fourth-order valence-corrected chi connectivity index (χ4v) is 3.54. The van der Waals surface area contributed by atoms with Gasteiger partial charge in [-0.05, 0) is 71.3 Å². The van der Waals surface area contributed by atoms with Gasteiger partial charge < -0.3 is 9.64 Å². The number of carbonyl (C=O) groups is 1. The van der Waals surface area contributed by atoms with Crippen LogP contribution >= 0.6 is 22.6 Å². The summed E-state index contributed by atoms with van der Waals surface area (Å²) in [4.78, 5) is 14.8. The Morgan fingerprint density at radius 1 is 1.23 bits per heavy atom. The van der Waals surface area contributed by atoms with E-state index < -0.39 is 0 Å². The molecule has 1 aliphatic heterocycles. The van der Waals surface area contributed by atoms with E-state index in [1.807, 2.05) is 47.4 Å². The summed E-state index contributed by atoms with van der Waals surface area (Å²) >= 11 is 2.24. The monoisotopic (exact) mass is 407 g/mol. The Hall–Kier alpha value is -1.56. The molecule has 22 heavy (non-hydrogen) atoms. The summed E-state index contributed by atoms with van der Waals surface area (Å²) in [5.74, 6) is 0.954. The van der Waals surface area contributed by atoms with Gasteiger partial charge in [0, 0.05) is 15.7 Å². The molecule has 1 atom stereocenters. The summed E-state index contributed by atoms with van der Waals surface area (Å²) < 4.78 is 6.39. The van der Waals surface area contributed by atoms with E-state index >= 15 is 0 Å². The van der Waals surface area contributed by atoms with Gasteiger partial charge in [0.1, 0.15) is 5.75 Å². The molecule has 1 amide bonds. The summed E-state index contributed by atoms with van der Waals surface area (Å²) in [6.07, 6.45) is 2.04. The van der Waals surface area contributed by atoms with Crippen LogP contribution in [-0.4, -0.2) is 24.5 Å². The second-order valence-corrected chi connectivity index (χ2v) is 6.69. The number of rotatable bonds is 3. The highest BCUT2D eigenvalue weighted by Crippen LogP contribution is 2.34. The molecule has 0 N–H and O–H groups in total. The highest BCUT2D eigenvalue weighted by Gasteiger charge is 2.30. The van der Waals surface area contributed by atoms with E-state index in [-0.39, 0.29) is 11.9 Å². The second kappa shape index (κ2) is 6.69. The van der Waals surface area contributed by atoms with Gasteiger partial charge in [0.25, 0.3) is 5.91 Å². The molecule has 3 nitrogen and oxygen atoms in total. The Kier molecular flexibility index (Phi) is 4.66. The molecule has 0 aliphatic carbocycles. The van der Waals surface area contributed by atoms with Gasteiger partial charge in [-0.1, -0.05) is 18.2 Å². The summed E-state index contributed by atoms with van der Waals surface area (Å²) in [7, 11) is 1.67. The predicted octanol–water partition coefficient (Wildman–Crippen LogP) is 4.28. The van der Waals surface area contributed by atoms with Crippen LogP contribution in [0.4, 0.5) is 0 Å². The van der Waals surface area contributed by atoms with Gasteiger partial charge in [-0.25, -0.2) is 0 Å². The number of carbonyl (C=O) groups excluding carboxylic acids is 1. The third kappa shape index (κ3) is 3.11. The van der Waals surface area contributed by atoms with Crippen LogP contribution < -0.4 is 4.74 Å². The molecule has 1 aliphatic rings. The highest BCUT2D eigenvalue weighted by molar-refractivity contribution is 14.1. The lowest BCUT2D eigenvalue weighted by Crippen LogP contribution is -2.30. The fraction of sp³-hybridized carbons (Fsp3) is 0.278. The topological polar surface area (TPSA) is 29.5 Å². The molecule has 2 aromatic carbocycles. The average molecular weight is 407 g/mol.